The van der Waals surface area contributed by atoms with Gasteiger partial charge in [0.25, 0.3) is 11.2 Å². The van der Waals surface area contributed by atoms with E-state index in [1.165, 1.54) is 29.7 Å². The van der Waals surface area contributed by atoms with Crippen LogP contribution >= 0.6 is 11.8 Å². The molecular weight excluding hydrogens is 454 g/mol. The average molecular weight is 475 g/mol. The molecular formula is C20H21N5O7S. The number of methoxy groups -OCH3 is 1. The summed E-state index contributed by atoms with van der Waals surface area (Å²) in [5.74, 6) is -0.967. The Kier molecular flexibility index (Phi) is 7.01. The first-order valence-electron chi connectivity index (χ1n) is 9.72. The van der Waals surface area contributed by atoms with E-state index in [1.54, 1.807) is 20.8 Å². The molecule has 13 heteroatoms. The Morgan fingerprint density at radius 2 is 2.06 bits per heavy atom. The molecule has 0 saturated carbocycles. The number of nitrogens with zero attached hydrogens (tertiary/aromatic N) is 3. The van der Waals surface area contributed by atoms with E-state index in [2.05, 4.69) is 15.5 Å². The summed E-state index contributed by atoms with van der Waals surface area (Å²) in [4.78, 5) is 47.9. The molecule has 2 heterocycles. The van der Waals surface area contributed by atoms with Gasteiger partial charge in [0.2, 0.25) is 5.91 Å². The van der Waals surface area contributed by atoms with Gasteiger partial charge in [0, 0.05) is 5.69 Å². The molecule has 0 atom stereocenters. The monoisotopic (exact) mass is 475 g/mol. The van der Waals surface area contributed by atoms with Gasteiger partial charge in [-0.3, -0.25) is 24.1 Å². The molecule has 0 aliphatic heterocycles. The summed E-state index contributed by atoms with van der Waals surface area (Å²) in [5.41, 5.74) is 0.586. The third kappa shape index (κ3) is 4.67. The molecule has 2 aromatic heterocycles. The van der Waals surface area contributed by atoms with Crippen molar-refractivity contribution in [1.82, 2.24) is 14.6 Å². The lowest BCUT2D eigenvalue weighted by atomic mass is 10.1. The smallest absolute Gasteiger partial charge is 0.340 e. The average Bonchev–Trinajstić information content (AvgIpc) is 3.05. The second-order valence-corrected chi connectivity index (χ2v) is 7.74. The summed E-state index contributed by atoms with van der Waals surface area (Å²) in [7, 11) is 1.38. The van der Waals surface area contributed by atoms with Gasteiger partial charge in [0.1, 0.15) is 17.0 Å². The first-order valence-corrected chi connectivity index (χ1v) is 10.7. The number of carbonyl (C=O) groups is 2. The number of anilines is 1. The summed E-state index contributed by atoms with van der Waals surface area (Å²) in [6.07, 6.45) is 0. The zero-order valence-corrected chi connectivity index (χ0v) is 19.1. The van der Waals surface area contributed by atoms with E-state index in [-0.39, 0.29) is 45.7 Å². The normalized spacial score (nSPS) is 10.8. The highest BCUT2D eigenvalue weighted by molar-refractivity contribution is 7.99. The van der Waals surface area contributed by atoms with E-state index in [4.69, 9.17) is 9.47 Å². The number of aromatic amines is 1. The Labute approximate surface area is 191 Å². The first kappa shape index (κ1) is 23.8. The molecule has 0 radical (unpaired) electrons. The Balaban J connectivity index is 1.88. The lowest BCUT2D eigenvalue weighted by molar-refractivity contribution is -0.384. The van der Waals surface area contributed by atoms with Gasteiger partial charge in [-0.15, -0.1) is 5.10 Å². The number of rotatable bonds is 8. The largest absolute Gasteiger partial charge is 0.496 e. The lowest BCUT2D eigenvalue weighted by Gasteiger charge is -2.09. The summed E-state index contributed by atoms with van der Waals surface area (Å²) < 4.78 is 11.6. The van der Waals surface area contributed by atoms with Crippen LogP contribution < -0.4 is 15.6 Å². The summed E-state index contributed by atoms with van der Waals surface area (Å²) >= 11 is 0.992. The number of hydrogen-bond donors (Lipinski definition) is 2. The lowest BCUT2D eigenvalue weighted by Crippen LogP contribution is -2.18. The van der Waals surface area contributed by atoms with E-state index >= 15 is 0 Å². The Morgan fingerprint density at radius 3 is 2.70 bits per heavy atom. The molecule has 0 aliphatic carbocycles. The first-order chi connectivity index (χ1) is 15.7. The fourth-order valence-corrected chi connectivity index (χ4v) is 4.16. The number of aryl methyl sites for hydroxylation is 2. The number of carbonyl (C=O) groups excluding carboxylic acids is 2. The molecule has 0 bridgehead atoms. The maximum absolute atomic E-state index is 12.5. The number of fused-ring (bicyclic) bond motifs is 1. The van der Waals surface area contributed by atoms with E-state index in [0.29, 0.717) is 11.3 Å². The number of amides is 1. The minimum Gasteiger partial charge on any atom is -0.496 e. The molecule has 2 N–H and O–H groups in total. The highest BCUT2D eigenvalue weighted by Gasteiger charge is 2.24. The van der Waals surface area contributed by atoms with Crippen LogP contribution in [0.3, 0.4) is 0 Å². The zero-order valence-electron chi connectivity index (χ0n) is 18.3. The molecule has 0 spiro atoms. The minimum atomic E-state index is -0.624. The van der Waals surface area contributed by atoms with Gasteiger partial charge in [0.15, 0.2) is 5.16 Å². The molecule has 12 nitrogen and oxygen atoms in total. The Bertz CT molecular complexity index is 1310. The minimum absolute atomic E-state index is 0.0172. The van der Waals surface area contributed by atoms with Crippen LogP contribution in [0.25, 0.3) is 5.52 Å². The van der Waals surface area contributed by atoms with Crippen molar-refractivity contribution in [1.29, 1.82) is 0 Å². The van der Waals surface area contributed by atoms with Crippen LogP contribution in [0.4, 0.5) is 11.4 Å². The zero-order chi connectivity index (χ0) is 24.3. The molecule has 1 aromatic carbocycles. The van der Waals surface area contributed by atoms with Crippen molar-refractivity contribution >= 4 is 40.5 Å². The van der Waals surface area contributed by atoms with Crippen LogP contribution in [-0.2, 0) is 9.53 Å². The molecule has 33 heavy (non-hydrogen) atoms. The molecule has 0 saturated heterocycles. The SMILES string of the molecule is CCOC(=O)c1c(C)c2c(=O)[nH]nc(SCC(=O)Nc3ccc(OC)cc3[N+](=O)[O-])n2c1C. The Hall–Kier alpha value is -3.87. The van der Waals surface area contributed by atoms with Gasteiger partial charge in [-0.1, -0.05) is 11.8 Å². The maximum atomic E-state index is 12.5. The second kappa shape index (κ2) is 9.73. The van der Waals surface area contributed by atoms with E-state index in [1.807, 2.05) is 0 Å². The van der Waals surface area contributed by atoms with Crippen LogP contribution in [0.15, 0.2) is 28.2 Å². The van der Waals surface area contributed by atoms with Crippen LogP contribution in [0, 0.1) is 24.0 Å². The molecule has 3 rings (SSSR count). The van der Waals surface area contributed by atoms with Crippen LogP contribution in [0.5, 0.6) is 5.75 Å². The van der Waals surface area contributed by atoms with Gasteiger partial charge in [-0.2, -0.15) is 0 Å². The topological polar surface area (TPSA) is 158 Å². The van der Waals surface area contributed by atoms with Crippen molar-refractivity contribution < 1.29 is 24.0 Å². The molecule has 174 valence electrons. The van der Waals surface area contributed by atoms with Crippen molar-refractivity contribution in [2.45, 2.75) is 25.9 Å². The van der Waals surface area contributed by atoms with Gasteiger partial charge in [-0.05, 0) is 38.5 Å². The highest BCUT2D eigenvalue weighted by atomic mass is 32.2. The van der Waals surface area contributed by atoms with Crippen molar-refractivity contribution in [3.8, 4) is 5.75 Å². The van der Waals surface area contributed by atoms with Gasteiger partial charge in [0.05, 0.1) is 36.0 Å². The number of nitro groups is 1. The molecule has 3 aromatic rings. The number of esters is 1. The number of H-pyrrole nitrogens is 1. The maximum Gasteiger partial charge on any atom is 0.340 e. The fraction of sp³-hybridized carbons (Fsp3) is 0.300. The summed E-state index contributed by atoms with van der Waals surface area (Å²) in [5, 5.41) is 20.5. The Morgan fingerprint density at radius 1 is 1.33 bits per heavy atom. The third-order valence-corrected chi connectivity index (χ3v) is 5.74. The van der Waals surface area contributed by atoms with Crippen LogP contribution in [0.2, 0.25) is 0 Å². The van der Waals surface area contributed by atoms with Crippen LogP contribution in [0.1, 0.15) is 28.5 Å². The van der Waals surface area contributed by atoms with E-state index in [9.17, 15) is 24.5 Å². The van der Waals surface area contributed by atoms with Crippen LogP contribution in [-0.4, -0.2) is 50.9 Å². The van der Waals surface area contributed by atoms with Gasteiger partial charge >= 0.3 is 5.97 Å². The standard InChI is InChI=1S/C20H21N5O7S/c1-5-32-19(28)16-10(2)17-18(27)22-23-20(24(17)11(16)3)33-9-15(26)21-13-7-6-12(31-4)8-14(13)25(29)30/h6-8H,5,9H2,1-4H3,(H,21,26)(H,22,27). The number of benzene rings is 1. The number of thioether (sulfide) groups is 1. The number of aromatic nitrogens is 3. The number of hydrogen-bond acceptors (Lipinski definition) is 9. The molecule has 0 fully saturated rings. The highest BCUT2D eigenvalue weighted by Crippen LogP contribution is 2.30. The summed E-state index contributed by atoms with van der Waals surface area (Å²) in [6.45, 7) is 5.14. The van der Waals surface area contributed by atoms with Gasteiger partial charge < -0.3 is 14.8 Å². The van der Waals surface area contributed by atoms with Gasteiger partial charge in [-0.25, -0.2) is 9.89 Å². The molecule has 0 unspecified atom stereocenters. The number of nitrogens with one attached hydrogen (secondary N) is 2. The van der Waals surface area contributed by atoms with Crippen molar-refractivity contribution in [3.63, 3.8) is 0 Å². The quantitative estimate of drug-likeness (QED) is 0.216. The van der Waals surface area contributed by atoms with E-state index in [0.717, 1.165) is 11.8 Å². The third-order valence-electron chi connectivity index (χ3n) is 4.80. The number of ether oxygens (including phenoxy) is 2. The fourth-order valence-electron chi connectivity index (χ4n) is 3.36. The summed E-state index contributed by atoms with van der Waals surface area (Å²) in [6, 6.07) is 4.07. The van der Waals surface area contributed by atoms with Crippen molar-refractivity contribution in [2.75, 3.05) is 24.8 Å². The second-order valence-electron chi connectivity index (χ2n) is 6.80. The van der Waals surface area contributed by atoms with Crippen molar-refractivity contribution in [3.05, 3.63) is 55.5 Å². The molecule has 0 aliphatic rings. The van der Waals surface area contributed by atoms with E-state index < -0.39 is 22.4 Å². The molecule has 1 amide bonds. The number of nitro benzene ring substituents is 1. The van der Waals surface area contributed by atoms with Crippen molar-refractivity contribution in [2.24, 2.45) is 0 Å². The predicted octanol–water partition coefficient (Wildman–Crippen LogP) is 2.46. The predicted molar refractivity (Wildman–Crippen MR) is 120 cm³/mol.